The molecule has 154 valence electrons. The van der Waals surface area contributed by atoms with Crippen molar-refractivity contribution in [3.63, 3.8) is 0 Å². The number of hydrogen-bond donors (Lipinski definition) is 2. The average molecular weight is 414 g/mol. The third kappa shape index (κ3) is 3.84. The minimum atomic E-state index is -0.114. The van der Waals surface area contributed by atoms with Crippen molar-refractivity contribution in [2.45, 2.75) is 12.3 Å². The molecule has 0 spiro atoms. The van der Waals surface area contributed by atoms with Crippen LogP contribution in [0.15, 0.2) is 53.8 Å². The predicted octanol–water partition coefficient (Wildman–Crippen LogP) is 3.94. The van der Waals surface area contributed by atoms with Gasteiger partial charge in [0, 0.05) is 31.6 Å². The number of phenolic OH excluding ortho intramolecular Hbond substituents is 2. The number of piperazine rings is 1. The lowest BCUT2D eigenvalue weighted by Crippen LogP contribution is -2.46. The molecule has 6 nitrogen and oxygen atoms in total. The molecule has 1 saturated heterocycles. The molecule has 0 bridgehead atoms. The molecule has 0 saturated carbocycles. The molecule has 2 N–H and O–H groups in total. The summed E-state index contributed by atoms with van der Waals surface area (Å²) in [5.74, 6) is 0.544. The summed E-state index contributed by atoms with van der Waals surface area (Å²) < 4.78 is 5.69. The Balaban J connectivity index is 1.69. The van der Waals surface area contributed by atoms with Crippen LogP contribution in [0.4, 0.5) is 11.4 Å². The van der Waals surface area contributed by atoms with Gasteiger partial charge >= 0.3 is 0 Å². The van der Waals surface area contributed by atoms with E-state index >= 15 is 0 Å². The van der Waals surface area contributed by atoms with Crippen LogP contribution in [-0.4, -0.2) is 54.9 Å². The smallest absolute Gasteiger partial charge is 0.201 e. The van der Waals surface area contributed by atoms with E-state index in [2.05, 4.69) is 39.8 Å². The van der Waals surface area contributed by atoms with Gasteiger partial charge in [-0.1, -0.05) is 36.9 Å². The molecule has 0 radical (unpaired) electrons. The molecule has 0 aliphatic carbocycles. The van der Waals surface area contributed by atoms with Crippen molar-refractivity contribution < 1.29 is 14.9 Å². The first-order valence-electron chi connectivity index (χ1n) is 9.89. The van der Waals surface area contributed by atoms with Crippen molar-refractivity contribution in [3.8, 4) is 11.5 Å². The lowest BCUT2D eigenvalue weighted by molar-refractivity contribution is 0.270. The van der Waals surface area contributed by atoms with Crippen LogP contribution in [0.1, 0.15) is 17.9 Å². The summed E-state index contributed by atoms with van der Waals surface area (Å²) in [5.41, 5.74) is 3.16. The van der Waals surface area contributed by atoms with E-state index in [4.69, 9.17) is 4.74 Å². The minimum Gasteiger partial charge on any atom is -0.504 e. The molecular weight excluding hydrogens is 386 g/mol. The van der Waals surface area contributed by atoms with Gasteiger partial charge in [-0.2, -0.15) is 0 Å². The highest BCUT2D eigenvalue weighted by molar-refractivity contribution is 8.02. The van der Waals surface area contributed by atoms with Crippen LogP contribution in [0, 0.1) is 0 Å². The third-order valence-electron chi connectivity index (χ3n) is 5.56. The molecule has 29 heavy (non-hydrogen) atoms. The van der Waals surface area contributed by atoms with Crippen LogP contribution in [0.3, 0.4) is 0 Å². The fraction of sp³-hybridized carbons (Fsp3) is 0.364. The zero-order valence-electron chi connectivity index (χ0n) is 16.8. The van der Waals surface area contributed by atoms with E-state index in [0.717, 1.165) is 49.9 Å². The molecule has 1 fully saturated rings. The molecule has 2 aliphatic rings. The maximum atomic E-state index is 10.0. The van der Waals surface area contributed by atoms with Crippen LogP contribution in [-0.2, 0) is 4.74 Å². The summed E-state index contributed by atoms with van der Waals surface area (Å²) in [6.45, 7) is 7.38. The van der Waals surface area contributed by atoms with Crippen molar-refractivity contribution in [2.24, 2.45) is 0 Å². The summed E-state index contributed by atoms with van der Waals surface area (Å²) in [6, 6.07) is 13.4. The Morgan fingerprint density at radius 2 is 1.72 bits per heavy atom. The fourth-order valence-corrected chi connectivity index (χ4v) is 5.01. The first-order valence-corrected chi connectivity index (χ1v) is 10.8. The molecule has 0 amide bonds. The van der Waals surface area contributed by atoms with E-state index in [-0.39, 0.29) is 16.9 Å². The van der Waals surface area contributed by atoms with Gasteiger partial charge in [-0.15, -0.1) is 0 Å². The number of ether oxygens (including phenoxy) is 1. The second-order valence-corrected chi connectivity index (χ2v) is 8.13. The molecule has 7 heteroatoms. The molecule has 1 unspecified atom stereocenters. The zero-order valence-corrected chi connectivity index (χ0v) is 17.6. The SMILES string of the molecule is CCN1CCN(c2ccccc2N2C(OC)=CSC2c2ccc(O)c(O)c2)CC1. The zero-order chi connectivity index (χ0) is 20.4. The standard InChI is InChI=1S/C22H27N3O3S/c1-3-23-10-12-24(13-11-23)17-6-4-5-7-18(17)25-21(28-2)15-29-22(25)16-8-9-19(26)20(27)14-16/h4-9,14-15,22,26-27H,3,10-13H2,1-2H3. The monoisotopic (exact) mass is 413 g/mol. The lowest BCUT2D eigenvalue weighted by Gasteiger charge is -2.38. The van der Waals surface area contributed by atoms with Gasteiger partial charge in [0.1, 0.15) is 5.37 Å². The van der Waals surface area contributed by atoms with E-state index < -0.39 is 0 Å². The molecule has 2 aromatic carbocycles. The number of methoxy groups -OCH3 is 1. The quantitative estimate of drug-likeness (QED) is 0.720. The van der Waals surface area contributed by atoms with Gasteiger partial charge < -0.3 is 24.7 Å². The van der Waals surface area contributed by atoms with E-state index in [9.17, 15) is 10.2 Å². The number of nitrogens with zero attached hydrogens (tertiary/aromatic N) is 3. The normalized spacial score (nSPS) is 20.1. The van der Waals surface area contributed by atoms with Gasteiger partial charge in [-0.25, -0.2) is 0 Å². The van der Waals surface area contributed by atoms with E-state index in [1.807, 2.05) is 17.5 Å². The van der Waals surface area contributed by atoms with Crippen molar-refractivity contribution in [3.05, 3.63) is 59.3 Å². The third-order valence-corrected chi connectivity index (χ3v) is 6.64. The Morgan fingerprint density at radius 1 is 1.00 bits per heavy atom. The van der Waals surface area contributed by atoms with Crippen LogP contribution in [0.5, 0.6) is 11.5 Å². The Kier molecular flexibility index (Phi) is 5.78. The number of thioether (sulfide) groups is 1. The number of aromatic hydroxyl groups is 2. The van der Waals surface area contributed by atoms with Crippen LogP contribution >= 0.6 is 11.8 Å². The second-order valence-electron chi connectivity index (χ2n) is 7.18. The van der Waals surface area contributed by atoms with Crippen LogP contribution in [0.2, 0.25) is 0 Å². The maximum absolute atomic E-state index is 10.0. The number of hydrogen-bond acceptors (Lipinski definition) is 7. The molecule has 2 aromatic rings. The molecule has 4 rings (SSSR count). The van der Waals surface area contributed by atoms with E-state index in [1.54, 1.807) is 24.9 Å². The highest BCUT2D eigenvalue weighted by Gasteiger charge is 2.33. The second kappa shape index (κ2) is 8.47. The molecule has 1 atom stereocenters. The molecular formula is C22H27N3O3S. The van der Waals surface area contributed by atoms with Crippen LogP contribution < -0.4 is 9.80 Å². The number of benzene rings is 2. The van der Waals surface area contributed by atoms with Crippen molar-refractivity contribution in [1.29, 1.82) is 0 Å². The largest absolute Gasteiger partial charge is 0.504 e. The van der Waals surface area contributed by atoms with Crippen molar-refractivity contribution >= 4 is 23.1 Å². The van der Waals surface area contributed by atoms with E-state index in [1.165, 1.54) is 11.8 Å². The minimum absolute atomic E-state index is 0.0884. The lowest BCUT2D eigenvalue weighted by atomic mass is 10.1. The fourth-order valence-electron chi connectivity index (χ4n) is 3.91. The Hall–Kier alpha value is -2.51. The average Bonchev–Trinajstić information content (AvgIpc) is 3.19. The molecule has 2 heterocycles. The number of anilines is 2. The predicted molar refractivity (Wildman–Crippen MR) is 118 cm³/mol. The van der Waals surface area contributed by atoms with Gasteiger partial charge in [-0.3, -0.25) is 4.90 Å². The number of likely N-dealkylation sites (N-methyl/N-ethyl adjacent to an activating group) is 1. The van der Waals surface area contributed by atoms with Crippen molar-refractivity contribution in [1.82, 2.24) is 4.90 Å². The highest BCUT2D eigenvalue weighted by atomic mass is 32.2. The first kappa shape index (κ1) is 19.8. The Labute approximate surface area is 176 Å². The van der Waals surface area contributed by atoms with Crippen LogP contribution in [0.25, 0.3) is 0 Å². The summed E-state index contributed by atoms with van der Waals surface area (Å²) >= 11 is 1.62. The first-order chi connectivity index (χ1) is 14.1. The van der Waals surface area contributed by atoms with Crippen molar-refractivity contribution in [2.75, 3.05) is 49.6 Å². The summed E-state index contributed by atoms with van der Waals surface area (Å²) in [7, 11) is 1.68. The Morgan fingerprint density at radius 3 is 2.38 bits per heavy atom. The molecule has 0 aromatic heterocycles. The molecule has 2 aliphatic heterocycles. The summed E-state index contributed by atoms with van der Waals surface area (Å²) in [6.07, 6.45) is 0. The van der Waals surface area contributed by atoms with E-state index in [0.29, 0.717) is 0 Å². The van der Waals surface area contributed by atoms with Gasteiger partial charge in [0.2, 0.25) is 5.88 Å². The van der Waals surface area contributed by atoms with Gasteiger partial charge in [-0.05, 0) is 36.4 Å². The summed E-state index contributed by atoms with van der Waals surface area (Å²) in [4.78, 5) is 7.06. The summed E-state index contributed by atoms with van der Waals surface area (Å²) in [5, 5.41) is 21.6. The Bertz CT molecular complexity index is 897. The van der Waals surface area contributed by atoms with Gasteiger partial charge in [0.05, 0.1) is 18.5 Å². The van der Waals surface area contributed by atoms with Gasteiger partial charge in [0.15, 0.2) is 11.5 Å². The van der Waals surface area contributed by atoms with Gasteiger partial charge in [0.25, 0.3) is 0 Å². The number of phenols is 2. The topological polar surface area (TPSA) is 59.4 Å². The maximum Gasteiger partial charge on any atom is 0.201 e. The number of para-hydroxylation sites is 2. The highest BCUT2D eigenvalue weighted by Crippen LogP contribution is 2.49. The number of rotatable bonds is 5.